The van der Waals surface area contributed by atoms with E-state index in [1.165, 1.54) is 0 Å². The normalized spacial score (nSPS) is 18.6. The molecule has 31 heavy (non-hydrogen) atoms. The first-order valence-electron chi connectivity index (χ1n) is 10.3. The average molecular weight is 416 g/mol. The van der Waals surface area contributed by atoms with Crippen molar-refractivity contribution in [1.82, 2.24) is 19.4 Å². The van der Waals surface area contributed by atoms with Gasteiger partial charge in [0.1, 0.15) is 5.92 Å². The number of aromatic nitrogens is 3. The van der Waals surface area contributed by atoms with E-state index >= 15 is 0 Å². The van der Waals surface area contributed by atoms with Crippen LogP contribution in [0.15, 0.2) is 61.4 Å². The molecule has 7 nitrogen and oxygen atoms in total. The standard InChI is InChI=1S/C24H24N4O3/c1-16-4-5-17(2)19(14-16)22(29)20-21(18-6-8-25-9-7-18)28(24(31)23(20)30)12-3-11-27-13-10-26-15-27/h4-10,13-15,20-21H,3,11-12H2,1-2H3. The van der Waals surface area contributed by atoms with E-state index in [1.807, 2.05) is 36.7 Å². The number of benzene rings is 1. The summed E-state index contributed by atoms with van der Waals surface area (Å²) < 4.78 is 1.92. The van der Waals surface area contributed by atoms with Gasteiger partial charge in [-0.25, -0.2) is 4.98 Å². The lowest BCUT2D eigenvalue weighted by Gasteiger charge is -2.27. The van der Waals surface area contributed by atoms with Crippen LogP contribution in [0.25, 0.3) is 0 Å². The van der Waals surface area contributed by atoms with Gasteiger partial charge in [-0.2, -0.15) is 0 Å². The van der Waals surface area contributed by atoms with Crippen molar-refractivity contribution in [3.05, 3.63) is 83.7 Å². The minimum atomic E-state index is -1.07. The van der Waals surface area contributed by atoms with Crippen molar-refractivity contribution in [2.75, 3.05) is 6.54 Å². The zero-order valence-corrected chi connectivity index (χ0v) is 17.6. The highest BCUT2D eigenvalue weighted by Gasteiger charge is 2.51. The fourth-order valence-electron chi connectivity index (χ4n) is 4.17. The largest absolute Gasteiger partial charge is 0.337 e. The van der Waals surface area contributed by atoms with E-state index < -0.39 is 23.7 Å². The number of aryl methyl sites for hydroxylation is 3. The lowest BCUT2D eigenvalue weighted by molar-refractivity contribution is -0.140. The second-order valence-corrected chi connectivity index (χ2v) is 7.90. The van der Waals surface area contributed by atoms with E-state index in [9.17, 15) is 14.4 Å². The molecule has 3 heterocycles. The van der Waals surface area contributed by atoms with Gasteiger partial charge in [-0.05, 0) is 49.6 Å². The smallest absolute Gasteiger partial charge is 0.291 e. The molecule has 1 aromatic carbocycles. The Morgan fingerprint density at radius 1 is 1.00 bits per heavy atom. The van der Waals surface area contributed by atoms with Crippen molar-refractivity contribution in [1.29, 1.82) is 0 Å². The molecule has 0 spiro atoms. The lowest BCUT2D eigenvalue weighted by atomic mass is 9.85. The number of Topliss-reactive ketones (excluding diaryl/α,β-unsaturated/α-hetero) is 2. The zero-order chi connectivity index (χ0) is 22.0. The Kier molecular flexibility index (Phi) is 5.75. The molecule has 2 unspecified atom stereocenters. The van der Waals surface area contributed by atoms with Crippen molar-refractivity contribution in [2.45, 2.75) is 32.9 Å². The Morgan fingerprint density at radius 3 is 2.48 bits per heavy atom. The van der Waals surface area contributed by atoms with E-state index in [-0.39, 0.29) is 5.78 Å². The van der Waals surface area contributed by atoms with Gasteiger partial charge in [0.15, 0.2) is 5.78 Å². The minimum absolute atomic E-state index is 0.307. The fourth-order valence-corrected chi connectivity index (χ4v) is 4.17. The maximum absolute atomic E-state index is 13.5. The molecule has 0 radical (unpaired) electrons. The molecule has 0 aliphatic carbocycles. The SMILES string of the molecule is Cc1ccc(C)c(C(=O)C2C(=O)C(=O)N(CCCn3ccnc3)C2c2ccncc2)c1. The van der Waals surface area contributed by atoms with Crippen LogP contribution in [0.5, 0.6) is 0 Å². The topological polar surface area (TPSA) is 85.2 Å². The van der Waals surface area contributed by atoms with Gasteiger partial charge >= 0.3 is 0 Å². The van der Waals surface area contributed by atoms with Crippen molar-refractivity contribution >= 4 is 17.5 Å². The molecule has 7 heteroatoms. The number of ketones is 2. The Hall–Kier alpha value is -3.61. The summed E-state index contributed by atoms with van der Waals surface area (Å²) in [7, 11) is 0. The molecule has 1 amide bonds. The van der Waals surface area contributed by atoms with Crippen LogP contribution in [-0.4, -0.2) is 43.5 Å². The van der Waals surface area contributed by atoms with Crippen molar-refractivity contribution in [3.8, 4) is 0 Å². The number of nitrogens with zero attached hydrogens (tertiary/aromatic N) is 4. The van der Waals surface area contributed by atoms with Gasteiger partial charge in [-0.3, -0.25) is 19.4 Å². The zero-order valence-electron chi connectivity index (χ0n) is 17.6. The molecule has 0 N–H and O–H groups in total. The summed E-state index contributed by atoms with van der Waals surface area (Å²) in [6.45, 7) is 4.78. The summed E-state index contributed by atoms with van der Waals surface area (Å²) >= 11 is 0. The quantitative estimate of drug-likeness (QED) is 0.336. The Morgan fingerprint density at radius 2 is 1.77 bits per heavy atom. The molecule has 0 bridgehead atoms. The maximum atomic E-state index is 13.5. The summed E-state index contributed by atoms with van der Waals surface area (Å²) in [4.78, 5) is 49.2. The first-order chi connectivity index (χ1) is 15.0. The predicted molar refractivity (Wildman–Crippen MR) is 114 cm³/mol. The summed E-state index contributed by atoms with van der Waals surface area (Å²) in [5.74, 6) is -2.62. The molecule has 0 saturated carbocycles. The first-order valence-corrected chi connectivity index (χ1v) is 10.3. The molecule has 2 aromatic heterocycles. The number of carbonyl (C=O) groups is 3. The Balaban J connectivity index is 1.67. The van der Waals surface area contributed by atoms with Gasteiger partial charge in [0.2, 0.25) is 5.78 Å². The third kappa shape index (κ3) is 4.03. The summed E-state index contributed by atoms with van der Waals surface area (Å²) in [6, 6.07) is 8.48. The number of amides is 1. The molecule has 2 atom stereocenters. The van der Waals surface area contributed by atoms with Crippen LogP contribution in [0.2, 0.25) is 0 Å². The Labute approximate surface area is 180 Å². The van der Waals surface area contributed by atoms with Gasteiger partial charge in [-0.15, -0.1) is 0 Å². The second kappa shape index (κ2) is 8.63. The highest BCUT2D eigenvalue weighted by Crippen LogP contribution is 2.38. The monoisotopic (exact) mass is 416 g/mol. The van der Waals surface area contributed by atoms with Crippen molar-refractivity contribution in [2.24, 2.45) is 5.92 Å². The van der Waals surface area contributed by atoms with E-state index in [2.05, 4.69) is 9.97 Å². The number of hydrogen-bond donors (Lipinski definition) is 0. The molecular formula is C24H24N4O3. The van der Waals surface area contributed by atoms with Gasteiger partial charge in [-0.1, -0.05) is 17.7 Å². The van der Waals surface area contributed by atoms with Crippen LogP contribution in [0.3, 0.4) is 0 Å². The van der Waals surface area contributed by atoms with E-state index in [1.54, 1.807) is 48.0 Å². The molecule has 1 fully saturated rings. The Bertz CT molecular complexity index is 1110. The summed E-state index contributed by atoms with van der Waals surface area (Å²) in [5.41, 5.74) is 2.96. The predicted octanol–water partition coefficient (Wildman–Crippen LogP) is 2.94. The molecule has 4 rings (SSSR count). The number of imidazole rings is 1. The second-order valence-electron chi connectivity index (χ2n) is 7.90. The molecule has 1 aliphatic heterocycles. The van der Waals surface area contributed by atoms with E-state index in [0.717, 1.165) is 16.7 Å². The van der Waals surface area contributed by atoms with Crippen LogP contribution < -0.4 is 0 Å². The van der Waals surface area contributed by atoms with Crippen LogP contribution in [0, 0.1) is 19.8 Å². The van der Waals surface area contributed by atoms with Gasteiger partial charge < -0.3 is 9.47 Å². The minimum Gasteiger partial charge on any atom is -0.337 e. The lowest BCUT2D eigenvalue weighted by Crippen LogP contribution is -2.32. The number of rotatable bonds is 7. The number of hydrogen-bond acceptors (Lipinski definition) is 5. The fraction of sp³-hybridized carbons (Fsp3) is 0.292. The first kappa shape index (κ1) is 20.7. The van der Waals surface area contributed by atoms with Crippen LogP contribution in [0.1, 0.15) is 39.5 Å². The van der Waals surface area contributed by atoms with Crippen molar-refractivity contribution < 1.29 is 14.4 Å². The number of likely N-dealkylation sites (tertiary alicyclic amines) is 1. The molecular weight excluding hydrogens is 392 g/mol. The van der Waals surface area contributed by atoms with E-state index in [0.29, 0.717) is 25.1 Å². The maximum Gasteiger partial charge on any atom is 0.291 e. The highest BCUT2D eigenvalue weighted by atomic mass is 16.2. The number of pyridine rings is 1. The van der Waals surface area contributed by atoms with Gasteiger partial charge in [0, 0.05) is 43.4 Å². The van der Waals surface area contributed by atoms with Gasteiger partial charge in [0.25, 0.3) is 5.91 Å². The average Bonchev–Trinajstić information content (AvgIpc) is 3.38. The van der Waals surface area contributed by atoms with Gasteiger partial charge in [0.05, 0.1) is 12.4 Å². The molecule has 1 saturated heterocycles. The molecule has 3 aromatic rings. The molecule has 158 valence electrons. The van der Waals surface area contributed by atoms with E-state index in [4.69, 9.17) is 0 Å². The van der Waals surface area contributed by atoms with Crippen molar-refractivity contribution in [3.63, 3.8) is 0 Å². The third-order valence-corrected chi connectivity index (χ3v) is 5.77. The van der Waals surface area contributed by atoms with Crippen LogP contribution in [-0.2, 0) is 16.1 Å². The molecule has 1 aliphatic rings. The summed E-state index contributed by atoms with van der Waals surface area (Å²) in [6.07, 6.45) is 9.14. The highest BCUT2D eigenvalue weighted by molar-refractivity contribution is 6.44. The third-order valence-electron chi connectivity index (χ3n) is 5.77. The number of carbonyl (C=O) groups excluding carboxylic acids is 3. The summed E-state index contributed by atoms with van der Waals surface area (Å²) in [5, 5.41) is 0. The van der Waals surface area contributed by atoms with Crippen LogP contribution >= 0.6 is 0 Å². The van der Waals surface area contributed by atoms with Crippen LogP contribution in [0.4, 0.5) is 0 Å².